The Balaban J connectivity index is 1.92. The van der Waals surface area contributed by atoms with Crippen molar-refractivity contribution in [3.8, 4) is 11.4 Å². The van der Waals surface area contributed by atoms with Crippen LogP contribution in [0.5, 0.6) is 0 Å². The summed E-state index contributed by atoms with van der Waals surface area (Å²) in [5.74, 6) is 2.06. The number of nitrogens with zero attached hydrogens (tertiary/aromatic N) is 3. The molecule has 0 atom stereocenters. The van der Waals surface area contributed by atoms with Gasteiger partial charge in [0.05, 0.1) is 5.41 Å². The third-order valence-electron chi connectivity index (χ3n) is 4.78. The van der Waals surface area contributed by atoms with Crippen LogP contribution in [0.15, 0.2) is 23.0 Å². The number of pyridine rings is 1. The van der Waals surface area contributed by atoms with Crippen LogP contribution in [0.2, 0.25) is 0 Å². The van der Waals surface area contributed by atoms with Crippen LogP contribution in [0.1, 0.15) is 44.1 Å². The Kier molecular flexibility index (Phi) is 3.76. The molecule has 1 aliphatic rings. The number of hydrogen-bond acceptors (Lipinski definition) is 5. The Morgan fingerprint density at radius 1 is 1.38 bits per heavy atom. The molecule has 0 spiro atoms. The lowest BCUT2D eigenvalue weighted by atomic mass is 9.71. The first-order valence-electron chi connectivity index (χ1n) is 7.60. The minimum atomic E-state index is -0.145. The van der Waals surface area contributed by atoms with Gasteiger partial charge in [0.2, 0.25) is 11.7 Å². The van der Waals surface area contributed by atoms with Crippen molar-refractivity contribution in [2.75, 3.05) is 6.54 Å². The fourth-order valence-electron chi connectivity index (χ4n) is 3.07. The van der Waals surface area contributed by atoms with Crippen LogP contribution < -0.4 is 5.73 Å². The Hall–Kier alpha value is -1.75. The predicted molar refractivity (Wildman–Crippen MR) is 80.6 cm³/mol. The zero-order valence-electron chi connectivity index (χ0n) is 12.7. The summed E-state index contributed by atoms with van der Waals surface area (Å²) in [6.45, 7) is 4.88. The van der Waals surface area contributed by atoms with Crippen LogP contribution in [0.3, 0.4) is 0 Å². The third kappa shape index (κ3) is 2.58. The Bertz CT molecular complexity index is 614. The van der Waals surface area contributed by atoms with Gasteiger partial charge in [-0.2, -0.15) is 4.98 Å². The number of hydrogen-bond donors (Lipinski definition) is 1. The summed E-state index contributed by atoms with van der Waals surface area (Å²) in [5.41, 5.74) is 7.92. The first kappa shape index (κ1) is 14.2. The van der Waals surface area contributed by atoms with Gasteiger partial charge in [0, 0.05) is 24.5 Å². The number of aryl methyl sites for hydroxylation is 1. The molecule has 5 nitrogen and oxygen atoms in total. The van der Waals surface area contributed by atoms with Crippen molar-refractivity contribution in [2.45, 2.75) is 44.9 Å². The van der Waals surface area contributed by atoms with Gasteiger partial charge in [0.1, 0.15) is 0 Å². The van der Waals surface area contributed by atoms with Crippen molar-refractivity contribution < 1.29 is 4.52 Å². The zero-order chi connectivity index (χ0) is 14.9. The van der Waals surface area contributed by atoms with E-state index in [9.17, 15) is 0 Å². The molecule has 0 amide bonds. The molecule has 3 rings (SSSR count). The van der Waals surface area contributed by atoms with Crippen LogP contribution in [0.25, 0.3) is 11.4 Å². The first-order valence-corrected chi connectivity index (χ1v) is 7.60. The number of nitrogens with two attached hydrogens (primary N) is 1. The van der Waals surface area contributed by atoms with E-state index in [2.05, 4.69) is 22.0 Å². The van der Waals surface area contributed by atoms with Crippen molar-refractivity contribution in [3.05, 3.63) is 29.9 Å². The lowest BCUT2D eigenvalue weighted by Crippen LogP contribution is -2.39. The molecule has 0 aromatic carbocycles. The summed E-state index contributed by atoms with van der Waals surface area (Å²) in [7, 11) is 0. The van der Waals surface area contributed by atoms with Crippen LogP contribution >= 0.6 is 0 Å². The zero-order valence-corrected chi connectivity index (χ0v) is 12.7. The molecule has 2 aromatic rings. The second-order valence-corrected chi connectivity index (χ2v) is 6.28. The van der Waals surface area contributed by atoms with E-state index in [4.69, 9.17) is 10.3 Å². The molecule has 1 saturated carbocycles. The topological polar surface area (TPSA) is 77.8 Å². The van der Waals surface area contributed by atoms with Gasteiger partial charge in [0.15, 0.2) is 0 Å². The molecule has 0 radical (unpaired) electrons. The summed E-state index contributed by atoms with van der Waals surface area (Å²) in [4.78, 5) is 8.78. The van der Waals surface area contributed by atoms with Gasteiger partial charge in [-0.3, -0.25) is 4.98 Å². The molecule has 0 unspecified atom stereocenters. The summed E-state index contributed by atoms with van der Waals surface area (Å²) in [5, 5.41) is 4.15. The van der Waals surface area contributed by atoms with Crippen molar-refractivity contribution in [1.82, 2.24) is 15.1 Å². The van der Waals surface area contributed by atoms with Crippen LogP contribution in [-0.2, 0) is 5.41 Å². The lowest BCUT2D eigenvalue weighted by molar-refractivity contribution is 0.191. The van der Waals surface area contributed by atoms with Gasteiger partial charge in [0.25, 0.3) is 0 Å². The minimum Gasteiger partial charge on any atom is -0.338 e. The Morgan fingerprint density at radius 2 is 2.14 bits per heavy atom. The van der Waals surface area contributed by atoms with Gasteiger partial charge < -0.3 is 10.3 Å². The second kappa shape index (κ2) is 5.56. The predicted octanol–water partition coefficient (Wildman–Crippen LogP) is 2.85. The van der Waals surface area contributed by atoms with Crippen molar-refractivity contribution >= 4 is 0 Å². The molecule has 0 bridgehead atoms. The van der Waals surface area contributed by atoms with E-state index in [-0.39, 0.29) is 5.41 Å². The lowest BCUT2D eigenvalue weighted by Gasteiger charge is -2.35. The monoisotopic (exact) mass is 286 g/mol. The minimum absolute atomic E-state index is 0.145. The number of aromatic nitrogens is 3. The van der Waals surface area contributed by atoms with E-state index in [1.165, 1.54) is 12.8 Å². The Morgan fingerprint density at radius 3 is 2.81 bits per heavy atom. The quantitative estimate of drug-likeness (QED) is 0.938. The Labute approximate surface area is 125 Å². The molecule has 1 aliphatic carbocycles. The standard InChI is InChI=1S/C16H22N4O/c1-11-3-6-16(10-17,7-4-11)15-19-14(20-21-15)13-9-18-8-5-12(13)2/h5,8-9,11H,3-4,6-7,10,17H2,1-2H3. The molecule has 2 heterocycles. The van der Waals surface area contributed by atoms with Gasteiger partial charge in [-0.05, 0) is 50.2 Å². The highest BCUT2D eigenvalue weighted by molar-refractivity contribution is 5.57. The first-order chi connectivity index (χ1) is 10.1. The van der Waals surface area contributed by atoms with Crippen LogP contribution in [0.4, 0.5) is 0 Å². The molecule has 5 heteroatoms. The smallest absolute Gasteiger partial charge is 0.234 e. The van der Waals surface area contributed by atoms with Crippen molar-refractivity contribution in [2.24, 2.45) is 11.7 Å². The fourth-order valence-corrected chi connectivity index (χ4v) is 3.07. The molecule has 2 aromatic heterocycles. The van der Waals surface area contributed by atoms with Gasteiger partial charge in [-0.1, -0.05) is 12.1 Å². The fraction of sp³-hybridized carbons (Fsp3) is 0.562. The van der Waals surface area contributed by atoms with Gasteiger partial charge >= 0.3 is 0 Å². The maximum Gasteiger partial charge on any atom is 0.234 e. The average Bonchev–Trinajstić information content (AvgIpc) is 2.99. The summed E-state index contributed by atoms with van der Waals surface area (Å²) in [6, 6.07) is 1.95. The average molecular weight is 286 g/mol. The van der Waals surface area contributed by atoms with E-state index in [1.807, 2.05) is 13.0 Å². The highest BCUT2D eigenvalue weighted by Crippen LogP contribution is 2.40. The normalized spacial score (nSPS) is 26.0. The van der Waals surface area contributed by atoms with Gasteiger partial charge in [-0.25, -0.2) is 0 Å². The second-order valence-electron chi connectivity index (χ2n) is 6.28. The van der Waals surface area contributed by atoms with Crippen LogP contribution in [0, 0.1) is 12.8 Å². The van der Waals surface area contributed by atoms with E-state index in [1.54, 1.807) is 12.4 Å². The molecule has 21 heavy (non-hydrogen) atoms. The molecule has 1 fully saturated rings. The van der Waals surface area contributed by atoms with E-state index >= 15 is 0 Å². The molecule has 0 saturated heterocycles. The summed E-state index contributed by atoms with van der Waals surface area (Å²) >= 11 is 0. The highest BCUT2D eigenvalue weighted by Gasteiger charge is 2.39. The van der Waals surface area contributed by atoms with Gasteiger partial charge in [-0.15, -0.1) is 0 Å². The van der Waals surface area contributed by atoms with Crippen LogP contribution in [-0.4, -0.2) is 21.7 Å². The van der Waals surface area contributed by atoms with E-state index in [0.29, 0.717) is 18.3 Å². The third-order valence-corrected chi connectivity index (χ3v) is 4.78. The van der Waals surface area contributed by atoms with Crippen molar-refractivity contribution in [1.29, 1.82) is 0 Å². The maximum absolute atomic E-state index is 6.05. The molecule has 0 aliphatic heterocycles. The largest absolute Gasteiger partial charge is 0.338 e. The van der Waals surface area contributed by atoms with Crippen molar-refractivity contribution in [3.63, 3.8) is 0 Å². The summed E-state index contributed by atoms with van der Waals surface area (Å²) in [6.07, 6.45) is 7.93. The molecule has 112 valence electrons. The SMILES string of the molecule is Cc1ccncc1-c1noc(C2(CN)CCC(C)CC2)n1. The molecular weight excluding hydrogens is 264 g/mol. The van der Waals surface area contributed by atoms with E-state index in [0.717, 1.165) is 29.9 Å². The number of rotatable bonds is 3. The summed E-state index contributed by atoms with van der Waals surface area (Å²) < 4.78 is 5.57. The van der Waals surface area contributed by atoms with E-state index < -0.39 is 0 Å². The maximum atomic E-state index is 6.05. The highest BCUT2D eigenvalue weighted by atomic mass is 16.5. The molecule has 2 N–H and O–H groups in total. The molecular formula is C16H22N4O.